The Hall–Kier alpha value is -2.65. The van der Waals surface area contributed by atoms with Crippen LogP contribution >= 0.6 is 0 Å². The Balaban J connectivity index is 1.46. The van der Waals surface area contributed by atoms with Crippen LogP contribution in [0.5, 0.6) is 11.5 Å². The third-order valence-corrected chi connectivity index (χ3v) is 8.53. The Morgan fingerprint density at radius 3 is 2.39 bits per heavy atom. The molecule has 1 atom stereocenters. The predicted molar refractivity (Wildman–Crippen MR) is 121 cm³/mol. The van der Waals surface area contributed by atoms with Crippen molar-refractivity contribution >= 4 is 15.9 Å². The monoisotopic (exact) mass is 476 g/mol. The second-order valence-electron chi connectivity index (χ2n) is 8.41. The van der Waals surface area contributed by atoms with Crippen LogP contribution in [0, 0.1) is 11.7 Å². The molecule has 2 heterocycles. The molecule has 0 aliphatic carbocycles. The van der Waals surface area contributed by atoms with Gasteiger partial charge in [-0.15, -0.1) is 0 Å². The lowest BCUT2D eigenvalue weighted by Gasteiger charge is -2.34. The van der Waals surface area contributed by atoms with E-state index in [4.69, 9.17) is 9.47 Å². The molecular formula is C24H29FN2O5S. The molecule has 7 nitrogen and oxygen atoms in total. The molecule has 2 aromatic rings. The largest absolute Gasteiger partial charge is 0.497 e. The summed E-state index contributed by atoms with van der Waals surface area (Å²) in [6.07, 6.45) is 2.56. The van der Waals surface area contributed by atoms with E-state index in [-0.39, 0.29) is 35.9 Å². The van der Waals surface area contributed by atoms with Crippen LogP contribution in [0.3, 0.4) is 0 Å². The van der Waals surface area contributed by atoms with Crippen LogP contribution in [0.2, 0.25) is 0 Å². The molecule has 2 aliphatic rings. The molecule has 2 saturated heterocycles. The third kappa shape index (κ3) is 4.56. The van der Waals surface area contributed by atoms with E-state index in [0.717, 1.165) is 24.5 Å². The van der Waals surface area contributed by atoms with Gasteiger partial charge in [0.05, 0.1) is 20.3 Å². The molecule has 9 heteroatoms. The Bertz CT molecular complexity index is 1120. The van der Waals surface area contributed by atoms with E-state index >= 15 is 0 Å². The van der Waals surface area contributed by atoms with Crippen molar-refractivity contribution in [3.8, 4) is 11.5 Å². The number of hydrogen-bond donors (Lipinski definition) is 0. The topological polar surface area (TPSA) is 76.2 Å². The molecule has 178 valence electrons. The van der Waals surface area contributed by atoms with Gasteiger partial charge in [0.25, 0.3) is 0 Å². The summed E-state index contributed by atoms with van der Waals surface area (Å²) in [5, 5.41) is 0. The highest BCUT2D eigenvalue weighted by Gasteiger charge is 2.39. The minimum atomic E-state index is -3.93. The normalized spacial score (nSPS) is 20.1. The zero-order valence-corrected chi connectivity index (χ0v) is 19.7. The molecule has 4 rings (SSSR count). The van der Waals surface area contributed by atoms with Gasteiger partial charge < -0.3 is 14.4 Å². The average molecular weight is 477 g/mol. The molecule has 0 bridgehead atoms. The summed E-state index contributed by atoms with van der Waals surface area (Å²) < 4.78 is 51.9. The first kappa shape index (κ1) is 23.5. The van der Waals surface area contributed by atoms with Gasteiger partial charge in [0.1, 0.15) is 22.2 Å². The number of ether oxygens (including phenoxy) is 2. The van der Waals surface area contributed by atoms with E-state index in [2.05, 4.69) is 0 Å². The fraction of sp³-hybridized carbons (Fsp3) is 0.458. The lowest BCUT2D eigenvalue weighted by molar-refractivity contribution is -0.137. The molecule has 0 spiro atoms. The molecule has 1 unspecified atom stereocenters. The van der Waals surface area contributed by atoms with Gasteiger partial charge in [-0.25, -0.2) is 12.8 Å². The molecule has 2 aliphatic heterocycles. The van der Waals surface area contributed by atoms with Crippen molar-refractivity contribution in [2.75, 3.05) is 33.9 Å². The van der Waals surface area contributed by atoms with Crippen molar-refractivity contribution in [2.24, 2.45) is 5.92 Å². The summed E-state index contributed by atoms with van der Waals surface area (Å²) in [5.41, 5.74) is 0.948. The van der Waals surface area contributed by atoms with Crippen LogP contribution in [0.4, 0.5) is 4.39 Å². The van der Waals surface area contributed by atoms with Crippen molar-refractivity contribution in [3.05, 3.63) is 53.8 Å². The number of nitrogens with zero attached hydrogens (tertiary/aromatic N) is 2. The van der Waals surface area contributed by atoms with Gasteiger partial charge in [-0.2, -0.15) is 4.31 Å². The van der Waals surface area contributed by atoms with Crippen molar-refractivity contribution < 1.29 is 27.1 Å². The molecule has 33 heavy (non-hydrogen) atoms. The summed E-state index contributed by atoms with van der Waals surface area (Å²) in [7, 11) is -0.727. The van der Waals surface area contributed by atoms with Gasteiger partial charge in [-0.05, 0) is 49.9 Å². The SMILES string of the molecule is COc1ccc(C2CCCN2C(=O)C2CCN(S(=O)(=O)c3ccccc3F)CC2)c(OC)c1. The highest BCUT2D eigenvalue weighted by molar-refractivity contribution is 7.89. The van der Waals surface area contributed by atoms with Gasteiger partial charge in [-0.1, -0.05) is 12.1 Å². The summed E-state index contributed by atoms with van der Waals surface area (Å²) in [6, 6.07) is 10.9. The summed E-state index contributed by atoms with van der Waals surface area (Å²) >= 11 is 0. The van der Waals surface area contributed by atoms with Crippen LogP contribution in [-0.2, 0) is 14.8 Å². The maximum atomic E-state index is 14.1. The summed E-state index contributed by atoms with van der Waals surface area (Å²) in [6.45, 7) is 1.04. The van der Waals surface area contributed by atoms with E-state index in [1.54, 1.807) is 14.2 Å². The zero-order chi connectivity index (χ0) is 23.6. The van der Waals surface area contributed by atoms with Gasteiger partial charge in [-0.3, -0.25) is 4.79 Å². The van der Waals surface area contributed by atoms with Crippen molar-refractivity contribution in [1.29, 1.82) is 0 Å². The summed E-state index contributed by atoms with van der Waals surface area (Å²) in [5.74, 6) is 0.393. The van der Waals surface area contributed by atoms with Gasteiger partial charge in [0.15, 0.2) is 0 Å². The smallest absolute Gasteiger partial charge is 0.245 e. The number of carbonyl (C=O) groups is 1. The predicted octanol–water partition coefficient (Wildman–Crippen LogP) is 3.61. The number of sulfonamides is 1. The van der Waals surface area contributed by atoms with Crippen LogP contribution < -0.4 is 9.47 Å². The number of rotatable bonds is 6. The van der Waals surface area contributed by atoms with Gasteiger partial charge in [0, 0.05) is 37.2 Å². The first-order valence-electron chi connectivity index (χ1n) is 11.1. The second-order valence-corrected chi connectivity index (χ2v) is 10.3. The van der Waals surface area contributed by atoms with Crippen LogP contribution in [0.1, 0.15) is 37.3 Å². The lowest BCUT2D eigenvalue weighted by atomic mass is 9.95. The van der Waals surface area contributed by atoms with E-state index in [1.165, 1.54) is 22.5 Å². The molecule has 0 aromatic heterocycles. The highest BCUT2D eigenvalue weighted by Crippen LogP contribution is 2.40. The molecule has 0 N–H and O–H groups in total. The number of likely N-dealkylation sites (tertiary alicyclic amines) is 1. The number of hydrogen-bond acceptors (Lipinski definition) is 5. The molecule has 0 radical (unpaired) electrons. The molecule has 2 aromatic carbocycles. The van der Waals surface area contributed by atoms with E-state index in [9.17, 15) is 17.6 Å². The third-order valence-electron chi connectivity index (χ3n) is 6.59. The minimum Gasteiger partial charge on any atom is -0.497 e. The Labute approximate surface area is 194 Å². The molecule has 2 fully saturated rings. The average Bonchev–Trinajstić information content (AvgIpc) is 3.33. The first-order chi connectivity index (χ1) is 15.9. The van der Waals surface area contributed by atoms with Gasteiger partial charge in [0.2, 0.25) is 15.9 Å². The van der Waals surface area contributed by atoms with E-state index < -0.39 is 15.8 Å². The maximum Gasteiger partial charge on any atom is 0.245 e. The van der Waals surface area contributed by atoms with Crippen molar-refractivity contribution in [2.45, 2.75) is 36.6 Å². The highest BCUT2D eigenvalue weighted by atomic mass is 32.2. The lowest BCUT2D eigenvalue weighted by Crippen LogP contribution is -2.44. The number of benzene rings is 2. The fourth-order valence-corrected chi connectivity index (χ4v) is 6.35. The standard InChI is InChI=1S/C24H29FN2O5S/c1-31-18-9-10-19(22(16-18)32-2)21-7-5-13-27(21)24(28)17-11-14-26(15-12-17)33(29,30)23-8-4-3-6-20(23)25/h3-4,6,8-10,16-17,21H,5,7,11-15H2,1-2H3. The minimum absolute atomic E-state index is 0.0401. The van der Waals surface area contributed by atoms with E-state index in [1.807, 2.05) is 23.1 Å². The number of amides is 1. The van der Waals surface area contributed by atoms with Gasteiger partial charge >= 0.3 is 0 Å². The molecule has 1 amide bonds. The van der Waals surface area contributed by atoms with Crippen molar-refractivity contribution in [1.82, 2.24) is 9.21 Å². The van der Waals surface area contributed by atoms with E-state index in [0.29, 0.717) is 30.9 Å². The van der Waals surface area contributed by atoms with Crippen LogP contribution in [0.15, 0.2) is 47.4 Å². The first-order valence-corrected chi connectivity index (χ1v) is 12.6. The Morgan fingerprint density at radius 1 is 1.00 bits per heavy atom. The Kier molecular flexibility index (Phi) is 6.90. The van der Waals surface area contributed by atoms with Crippen molar-refractivity contribution in [3.63, 3.8) is 0 Å². The second kappa shape index (κ2) is 9.69. The zero-order valence-electron chi connectivity index (χ0n) is 18.9. The fourth-order valence-electron chi connectivity index (χ4n) is 4.82. The molecular weight excluding hydrogens is 447 g/mol. The maximum absolute atomic E-state index is 14.1. The number of halogens is 1. The molecule has 0 saturated carbocycles. The van der Waals surface area contributed by atoms with Crippen LogP contribution in [-0.4, -0.2) is 57.4 Å². The Morgan fingerprint density at radius 2 is 1.73 bits per heavy atom. The van der Waals surface area contributed by atoms with Crippen LogP contribution in [0.25, 0.3) is 0 Å². The number of methoxy groups -OCH3 is 2. The number of carbonyl (C=O) groups excluding carboxylic acids is 1. The number of piperidine rings is 1. The quantitative estimate of drug-likeness (QED) is 0.637. The summed E-state index contributed by atoms with van der Waals surface area (Å²) in [4.78, 5) is 15.0.